The number of H-pyrrole nitrogens is 1. The van der Waals surface area contributed by atoms with Crippen LogP contribution in [0.5, 0.6) is 6.01 Å². The number of carbonyl (C=O) groups excluding carboxylic acids is 1. The molecule has 0 radical (unpaired) electrons. The Morgan fingerprint density at radius 1 is 1.53 bits per heavy atom. The number of rotatable bonds is 4. The Labute approximate surface area is 97.2 Å². The van der Waals surface area contributed by atoms with E-state index in [4.69, 9.17) is 4.84 Å². The number of aromatic amines is 1. The third-order valence-corrected chi connectivity index (χ3v) is 1.95. The molecule has 0 bridgehead atoms. The zero-order chi connectivity index (χ0) is 12.1. The second-order valence-electron chi connectivity index (χ2n) is 3.14. The molecule has 0 fully saturated rings. The van der Waals surface area contributed by atoms with Crippen LogP contribution in [0.4, 0.5) is 0 Å². The molecule has 6 nitrogen and oxygen atoms in total. The average molecular weight is 233 g/mol. The lowest BCUT2D eigenvalue weighted by Crippen LogP contribution is -2.05. The molecule has 0 amide bonds. The third kappa shape index (κ3) is 2.81. The Kier molecular flexibility index (Phi) is 3.34. The van der Waals surface area contributed by atoms with Crippen molar-refractivity contribution in [2.24, 2.45) is 5.16 Å². The highest BCUT2D eigenvalue weighted by Crippen LogP contribution is 2.14. The van der Waals surface area contributed by atoms with E-state index in [2.05, 4.69) is 19.9 Å². The van der Waals surface area contributed by atoms with Crippen molar-refractivity contribution >= 4 is 23.2 Å². The van der Waals surface area contributed by atoms with E-state index in [9.17, 15) is 4.79 Å². The maximum atomic E-state index is 10.9. The number of benzene rings is 1. The molecule has 0 aliphatic carbocycles. The molecule has 6 heteroatoms. The first kappa shape index (κ1) is 11.1. The molecule has 0 atom stereocenters. The highest BCUT2D eigenvalue weighted by molar-refractivity contribution is 6.22. The number of carbonyl (C=O) groups is 1. The van der Waals surface area contributed by atoms with Crippen molar-refractivity contribution in [2.75, 3.05) is 6.61 Å². The zero-order valence-electron chi connectivity index (χ0n) is 9.21. The van der Waals surface area contributed by atoms with Crippen molar-refractivity contribution in [1.29, 1.82) is 0 Å². The van der Waals surface area contributed by atoms with Crippen LogP contribution in [0.1, 0.15) is 6.92 Å². The molecule has 2 aromatic rings. The first-order valence-electron chi connectivity index (χ1n) is 5.11. The smallest absolute Gasteiger partial charge is 0.352 e. The Hall–Kier alpha value is -2.37. The second-order valence-corrected chi connectivity index (χ2v) is 3.14. The van der Waals surface area contributed by atoms with E-state index < -0.39 is 5.97 Å². The van der Waals surface area contributed by atoms with Gasteiger partial charge in [0.25, 0.3) is 0 Å². The van der Waals surface area contributed by atoms with Crippen molar-refractivity contribution in [3.05, 3.63) is 24.3 Å². The highest BCUT2D eigenvalue weighted by Gasteiger charge is 2.02. The molecule has 0 aliphatic rings. The monoisotopic (exact) mass is 233 g/mol. The normalized spacial score (nSPS) is 10.9. The fourth-order valence-corrected chi connectivity index (χ4v) is 1.27. The van der Waals surface area contributed by atoms with Gasteiger partial charge in [-0.05, 0) is 19.1 Å². The van der Waals surface area contributed by atoms with Gasteiger partial charge in [0.1, 0.15) is 0 Å². The van der Waals surface area contributed by atoms with Crippen LogP contribution < -0.4 is 4.84 Å². The van der Waals surface area contributed by atoms with Crippen molar-refractivity contribution in [2.45, 2.75) is 6.92 Å². The van der Waals surface area contributed by atoms with E-state index in [0.717, 1.165) is 17.2 Å². The van der Waals surface area contributed by atoms with Crippen molar-refractivity contribution in [3.8, 4) is 6.01 Å². The molecule has 0 saturated heterocycles. The number of imidazole rings is 1. The number of hydrogen-bond acceptors (Lipinski definition) is 5. The van der Waals surface area contributed by atoms with Gasteiger partial charge in [-0.15, -0.1) is 0 Å². The summed E-state index contributed by atoms with van der Waals surface area (Å²) >= 11 is 0. The van der Waals surface area contributed by atoms with Crippen molar-refractivity contribution in [1.82, 2.24) is 9.97 Å². The van der Waals surface area contributed by atoms with E-state index in [1.54, 1.807) is 6.92 Å². The third-order valence-electron chi connectivity index (χ3n) is 1.95. The lowest BCUT2D eigenvalue weighted by molar-refractivity contribution is -0.134. The number of esters is 1. The number of ether oxygens (including phenoxy) is 1. The van der Waals surface area contributed by atoms with Crippen LogP contribution in [-0.4, -0.2) is 28.8 Å². The predicted molar refractivity (Wildman–Crippen MR) is 61.8 cm³/mol. The van der Waals surface area contributed by atoms with Crippen LogP contribution in [0.2, 0.25) is 0 Å². The minimum atomic E-state index is -0.552. The summed E-state index contributed by atoms with van der Waals surface area (Å²) < 4.78 is 4.64. The predicted octanol–water partition coefficient (Wildman–Crippen LogP) is 1.49. The van der Waals surface area contributed by atoms with Gasteiger partial charge in [0.05, 0.1) is 17.6 Å². The number of nitrogens with one attached hydrogen (secondary N) is 1. The quantitative estimate of drug-likeness (QED) is 0.493. The first-order valence-corrected chi connectivity index (χ1v) is 5.11. The molecule has 2 rings (SSSR count). The van der Waals surface area contributed by atoms with Gasteiger partial charge in [0.2, 0.25) is 0 Å². The Balaban J connectivity index is 2.01. The van der Waals surface area contributed by atoms with Gasteiger partial charge < -0.3 is 14.6 Å². The maximum absolute atomic E-state index is 10.9. The van der Waals surface area contributed by atoms with Gasteiger partial charge in [-0.25, -0.2) is 4.79 Å². The molecule has 1 aromatic carbocycles. The van der Waals surface area contributed by atoms with E-state index >= 15 is 0 Å². The Morgan fingerprint density at radius 2 is 2.35 bits per heavy atom. The number of fused-ring (bicyclic) bond motifs is 1. The van der Waals surface area contributed by atoms with Gasteiger partial charge in [0.15, 0.2) is 6.21 Å². The van der Waals surface area contributed by atoms with E-state index in [-0.39, 0.29) is 6.01 Å². The second kappa shape index (κ2) is 5.11. The fraction of sp³-hybridized carbons (Fsp3) is 0.182. The fourth-order valence-electron chi connectivity index (χ4n) is 1.27. The van der Waals surface area contributed by atoms with Crippen LogP contribution >= 0.6 is 0 Å². The summed E-state index contributed by atoms with van der Waals surface area (Å²) in [4.78, 5) is 22.8. The van der Waals surface area contributed by atoms with Crippen molar-refractivity contribution < 1.29 is 14.4 Å². The molecule has 1 heterocycles. The summed E-state index contributed by atoms with van der Waals surface area (Å²) in [5.41, 5.74) is 1.61. The summed E-state index contributed by atoms with van der Waals surface area (Å²) in [5.74, 6) is -0.552. The Morgan fingerprint density at radius 3 is 3.12 bits per heavy atom. The largest absolute Gasteiger partial charge is 0.462 e. The molecular formula is C11H11N3O3. The van der Waals surface area contributed by atoms with Crippen LogP contribution in [0.3, 0.4) is 0 Å². The van der Waals surface area contributed by atoms with Crippen LogP contribution in [0.15, 0.2) is 29.4 Å². The van der Waals surface area contributed by atoms with Crippen molar-refractivity contribution in [3.63, 3.8) is 0 Å². The molecular weight excluding hydrogens is 222 g/mol. The minimum absolute atomic E-state index is 0.228. The number of para-hydroxylation sites is 2. The standard InChI is InChI=1S/C11H11N3O3/c1-2-16-10(15)7-12-17-11-13-8-5-3-4-6-9(8)14-11/h3-7H,2H2,1H3,(H,13,14)/b12-7+. The first-order chi connectivity index (χ1) is 8.29. The summed E-state index contributed by atoms with van der Waals surface area (Å²) in [7, 11) is 0. The van der Waals surface area contributed by atoms with E-state index in [1.807, 2.05) is 24.3 Å². The lowest BCUT2D eigenvalue weighted by Gasteiger charge is -1.93. The van der Waals surface area contributed by atoms with Gasteiger partial charge in [-0.2, -0.15) is 4.98 Å². The zero-order valence-corrected chi connectivity index (χ0v) is 9.21. The van der Waals surface area contributed by atoms with E-state index in [1.165, 1.54) is 0 Å². The van der Waals surface area contributed by atoms with Gasteiger partial charge in [-0.3, -0.25) is 0 Å². The lowest BCUT2D eigenvalue weighted by atomic mass is 10.3. The van der Waals surface area contributed by atoms with Crippen LogP contribution in [-0.2, 0) is 9.53 Å². The van der Waals surface area contributed by atoms with Gasteiger partial charge in [0, 0.05) is 0 Å². The number of hydrogen-bond donors (Lipinski definition) is 1. The maximum Gasteiger partial charge on any atom is 0.352 e. The minimum Gasteiger partial charge on any atom is -0.462 e. The molecule has 1 aromatic heterocycles. The Bertz CT molecular complexity index is 515. The number of nitrogens with zero attached hydrogens (tertiary/aromatic N) is 2. The average Bonchev–Trinajstić information content (AvgIpc) is 2.71. The van der Waals surface area contributed by atoms with Gasteiger partial charge in [-0.1, -0.05) is 17.3 Å². The van der Waals surface area contributed by atoms with Crippen LogP contribution in [0, 0.1) is 0 Å². The molecule has 0 unspecified atom stereocenters. The molecule has 0 saturated carbocycles. The van der Waals surface area contributed by atoms with Gasteiger partial charge >= 0.3 is 12.0 Å². The number of aromatic nitrogens is 2. The summed E-state index contributed by atoms with van der Waals surface area (Å²) in [6.45, 7) is 2.02. The summed E-state index contributed by atoms with van der Waals surface area (Å²) in [5, 5.41) is 3.46. The molecule has 17 heavy (non-hydrogen) atoms. The summed E-state index contributed by atoms with van der Waals surface area (Å²) in [6.07, 6.45) is 0.955. The highest BCUT2D eigenvalue weighted by atomic mass is 16.6. The molecule has 0 aliphatic heterocycles. The molecule has 1 N–H and O–H groups in total. The van der Waals surface area contributed by atoms with Crippen LogP contribution in [0.25, 0.3) is 11.0 Å². The topological polar surface area (TPSA) is 76.6 Å². The SMILES string of the molecule is CCOC(=O)/C=N/Oc1nc2ccccc2[nH]1. The summed E-state index contributed by atoms with van der Waals surface area (Å²) in [6, 6.07) is 7.69. The number of oxime groups is 1. The molecule has 0 spiro atoms. The van der Waals surface area contributed by atoms with E-state index in [0.29, 0.717) is 6.61 Å². The molecule has 88 valence electrons.